The number of hydrogen-bond donors (Lipinski definition) is 1. The number of piperidine rings is 2. The molecule has 2 saturated heterocycles. The predicted octanol–water partition coefficient (Wildman–Crippen LogP) is 3.41. The lowest BCUT2D eigenvalue weighted by Crippen LogP contribution is -2.40. The Bertz CT molecular complexity index is 700. The molecule has 0 radical (unpaired) electrons. The maximum absolute atomic E-state index is 5.05. The van der Waals surface area contributed by atoms with Gasteiger partial charge in [-0.3, -0.25) is 0 Å². The van der Waals surface area contributed by atoms with Crippen molar-refractivity contribution in [2.75, 3.05) is 38.1 Å². The highest BCUT2D eigenvalue weighted by molar-refractivity contribution is 5.81. The summed E-state index contributed by atoms with van der Waals surface area (Å²) < 4.78 is 0. The summed E-state index contributed by atoms with van der Waals surface area (Å²) in [6.07, 6.45) is 6.42. The van der Waals surface area contributed by atoms with Crippen molar-refractivity contribution < 1.29 is 0 Å². The van der Waals surface area contributed by atoms with Gasteiger partial charge in [0.2, 0.25) is 0 Å². The molecule has 4 nitrogen and oxygen atoms in total. The third-order valence-electron chi connectivity index (χ3n) is 5.74. The standard InChI is InChI=1S/C21H30N4/c1-24-13-9-19(10-14-24)22-16-18-15-17-7-3-4-8-20(17)23-21(18)25-11-5-2-6-12-25/h3-4,7-8,15,19,22H,2,5-6,9-14,16H2,1H3. The minimum absolute atomic E-state index is 0.636. The largest absolute Gasteiger partial charge is 0.356 e. The molecule has 25 heavy (non-hydrogen) atoms. The van der Waals surface area contributed by atoms with Crippen LogP contribution in [0, 0.1) is 0 Å². The van der Waals surface area contributed by atoms with Gasteiger partial charge >= 0.3 is 0 Å². The third-order valence-corrected chi connectivity index (χ3v) is 5.74. The Labute approximate surface area is 151 Å². The number of aromatic nitrogens is 1. The third kappa shape index (κ3) is 3.96. The Morgan fingerprint density at radius 2 is 1.80 bits per heavy atom. The van der Waals surface area contributed by atoms with Gasteiger partial charge in [0.25, 0.3) is 0 Å². The Morgan fingerprint density at radius 1 is 1.04 bits per heavy atom. The van der Waals surface area contributed by atoms with Crippen molar-refractivity contribution in [1.82, 2.24) is 15.2 Å². The summed E-state index contributed by atoms with van der Waals surface area (Å²) in [5.74, 6) is 1.21. The summed E-state index contributed by atoms with van der Waals surface area (Å²) in [5.41, 5.74) is 2.48. The average molecular weight is 338 g/mol. The van der Waals surface area contributed by atoms with Crippen LogP contribution in [0.1, 0.15) is 37.7 Å². The van der Waals surface area contributed by atoms with E-state index in [0.29, 0.717) is 6.04 Å². The maximum Gasteiger partial charge on any atom is 0.133 e. The van der Waals surface area contributed by atoms with Gasteiger partial charge in [0, 0.05) is 36.6 Å². The summed E-state index contributed by atoms with van der Waals surface area (Å²) >= 11 is 0. The molecule has 2 aliphatic rings. The lowest BCUT2D eigenvalue weighted by Gasteiger charge is -2.32. The van der Waals surface area contributed by atoms with Gasteiger partial charge in [-0.05, 0) is 64.4 Å². The van der Waals surface area contributed by atoms with Crippen molar-refractivity contribution in [3.05, 3.63) is 35.9 Å². The number of benzene rings is 1. The fourth-order valence-electron chi connectivity index (χ4n) is 4.13. The molecule has 2 aliphatic heterocycles. The van der Waals surface area contributed by atoms with Crippen molar-refractivity contribution in [3.8, 4) is 0 Å². The molecule has 0 atom stereocenters. The van der Waals surface area contributed by atoms with E-state index in [4.69, 9.17) is 4.98 Å². The van der Waals surface area contributed by atoms with Gasteiger partial charge in [-0.15, -0.1) is 0 Å². The number of nitrogens with zero attached hydrogens (tertiary/aromatic N) is 3. The number of rotatable bonds is 4. The van der Waals surface area contributed by atoms with E-state index in [-0.39, 0.29) is 0 Å². The highest BCUT2D eigenvalue weighted by Crippen LogP contribution is 2.26. The number of pyridine rings is 1. The highest BCUT2D eigenvalue weighted by Gasteiger charge is 2.19. The van der Waals surface area contributed by atoms with Crippen LogP contribution in [-0.2, 0) is 6.54 Å². The first-order valence-electron chi connectivity index (χ1n) is 9.85. The number of para-hydroxylation sites is 1. The van der Waals surface area contributed by atoms with E-state index in [1.54, 1.807) is 0 Å². The van der Waals surface area contributed by atoms with Gasteiger partial charge in [0.15, 0.2) is 0 Å². The fourth-order valence-corrected chi connectivity index (χ4v) is 4.13. The highest BCUT2D eigenvalue weighted by atomic mass is 15.2. The maximum atomic E-state index is 5.05. The molecule has 3 heterocycles. The second kappa shape index (κ2) is 7.71. The molecular weight excluding hydrogens is 308 g/mol. The van der Waals surface area contributed by atoms with E-state index in [0.717, 1.165) is 25.2 Å². The van der Waals surface area contributed by atoms with Crippen LogP contribution in [0.2, 0.25) is 0 Å². The summed E-state index contributed by atoms with van der Waals surface area (Å²) in [6, 6.07) is 11.5. The van der Waals surface area contributed by atoms with Crippen LogP contribution in [-0.4, -0.2) is 49.2 Å². The smallest absolute Gasteiger partial charge is 0.133 e. The first-order chi connectivity index (χ1) is 12.3. The first-order valence-corrected chi connectivity index (χ1v) is 9.85. The van der Waals surface area contributed by atoms with E-state index in [1.165, 1.54) is 62.0 Å². The Hall–Kier alpha value is -1.65. The molecule has 1 N–H and O–H groups in total. The lowest BCUT2D eigenvalue weighted by molar-refractivity contribution is 0.234. The molecule has 0 spiro atoms. The van der Waals surface area contributed by atoms with Crippen LogP contribution in [0.4, 0.5) is 5.82 Å². The molecule has 0 saturated carbocycles. The van der Waals surface area contributed by atoms with E-state index in [1.807, 2.05) is 0 Å². The summed E-state index contributed by atoms with van der Waals surface area (Å²) in [7, 11) is 2.22. The van der Waals surface area contributed by atoms with Gasteiger partial charge < -0.3 is 15.1 Å². The monoisotopic (exact) mass is 338 g/mol. The van der Waals surface area contributed by atoms with Gasteiger partial charge in [-0.2, -0.15) is 0 Å². The molecule has 0 amide bonds. The SMILES string of the molecule is CN1CCC(NCc2cc3ccccc3nc2N2CCCCC2)CC1. The van der Waals surface area contributed by atoms with E-state index in [2.05, 4.69) is 52.5 Å². The summed E-state index contributed by atoms with van der Waals surface area (Å²) in [4.78, 5) is 9.98. The second-order valence-corrected chi connectivity index (χ2v) is 7.67. The molecule has 1 aromatic carbocycles. The fraction of sp³-hybridized carbons (Fsp3) is 0.571. The molecule has 4 heteroatoms. The molecule has 4 rings (SSSR count). The van der Waals surface area contributed by atoms with Gasteiger partial charge in [0.05, 0.1) is 5.52 Å². The van der Waals surface area contributed by atoms with Crippen LogP contribution in [0.3, 0.4) is 0 Å². The number of likely N-dealkylation sites (tertiary alicyclic amines) is 1. The zero-order valence-corrected chi connectivity index (χ0v) is 15.4. The molecule has 1 aromatic heterocycles. The number of anilines is 1. The van der Waals surface area contributed by atoms with Crippen LogP contribution < -0.4 is 10.2 Å². The van der Waals surface area contributed by atoms with Crippen molar-refractivity contribution in [2.24, 2.45) is 0 Å². The van der Waals surface area contributed by atoms with Crippen molar-refractivity contribution in [2.45, 2.75) is 44.7 Å². The predicted molar refractivity (Wildman–Crippen MR) is 105 cm³/mol. The van der Waals surface area contributed by atoms with E-state index >= 15 is 0 Å². The zero-order chi connectivity index (χ0) is 17.1. The molecule has 2 aromatic rings. The van der Waals surface area contributed by atoms with Crippen molar-refractivity contribution >= 4 is 16.7 Å². The van der Waals surface area contributed by atoms with Gasteiger partial charge in [-0.25, -0.2) is 4.98 Å². The average Bonchev–Trinajstić information content (AvgIpc) is 2.67. The van der Waals surface area contributed by atoms with Crippen LogP contribution in [0.5, 0.6) is 0 Å². The topological polar surface area (TPSA) is 31.4 Å². The number of nitrogens with one attached hydrogen (secondary N) is 1. The molecule has 0 unspecified atom stereocenters. The molecule has 134 valence electrons. The first kappa shape index (κ1) is 16.8. The van der Waals surface area contributed by atoms with E-state index in [9.17, 15) is 0 Å². The Kier molecular flexibility index (Phi) is 5.18. The zero-order valence-electron chi connectivity index (χ0n) is 15.4. The molecular formula is C21H30N4. The normalized spacial score (nSPS) is 20.3. The quantitative estimate of drug-likeness (QED) is 0.926. The lowest BCUT2D eigenvalue weighted by atomic mass is 10.0. The minimum atomic E-state index is 0.636. The summed E-state index contributed by atoms with van der Waals surface area (Å²) in [6.45, 7) is 5.62. The van der Waals surface area contributed by atoms with Gasteiger partial charge in [-0.1, -0.05) is 18.2 Å². The van der Waals surface area contributed by atoms with Crippen LogP contribution >= 0.6 is 0 Å². The van der Waals surface area contributed by atoms with Crippen LogP contribution in [0.25, 0.3) is 10.9 Å². The number of hydrogen-bond acceptors (Lipinski definition) is 4. The number of fused-ring (bicyclic) bond motifs is 1. The Balaban J connectivity index is 1.56. The van der Waals surface area contributed by atoms with E-state index < -0.39 is 0 Å². The van der Waals surface area contributed by atoms with Crippen LogP contribution in [0.15, 0.2) is 30.3 Å². The minimum Gasteiger partial charge on any atom is -0.356 e. The van der Waals surface area contributed by atoms with Crippen molar-refractivity contribution in [3.63, 3.8) is 0 Å². The van der Waals surface area contributed by atoms with Crippen molar-refractivity contribution in [1.29, 1.82) is 0 Å². The molecule has 2 fully saturated rings. The molecule has 0 bridgehead atoms. The summed E-state index contributed by atoms with van der Waals surface area (Å²) in [5, 5.41) is 5.06. The molecule has 0 aliphatic carbocycles. The van der Waals surface area contributed by atoms with Gasteiger partial charge in [0.1, 0.15) is 5.82 Å². The Morgan fingerprint density at radius 3 is 2.60 bits per heavy atom. The second-order valence-electron chi connectivity index (χ2n) is 7.67.